The number of benzene rings is 1. The predicted molar refractivity (Wildman–Crippen MR) is 84.1 cm³/mol. The molecule has 0 amide bonds. The van der Waals surface area contributed by atoms with E-state index in [9.17, 15) is 23.3 Å². The van der Waals surface area contributed by atoms with Crippen LogP contribution in [0.2, 0.25) is 0 Å². The summed E-state index contributed by atoms with van der Waals surface area (Å²) >= 11 is 0. The van der Waals surface area contributed by atoms with Crippen molar-refractivity contribution in [3.05, 3.63) is 34.4 Å². The Balaban J connectivity index is 1.29. The van der Waals surface area contributed by atoms with Crippen LogP contribution in [0.15, 0.2) is 29.2 Å². The first kappa shape index (κ1) is 15.1. The van der Waals surface area contributed by atoms with Gasteiger partial charge in [0.05, 0.1) is 27.9 Å². The Bertz CT molecular complexity index is 980. The fourth-order valence-corrected chi connectivity index (χ4v) is 8.83. The zero-order valence-electron chi connectivity index (χ0n) is 13.7. The summed E-state index contributed by atoms with van der Waals surface area (Å²) in [5.41, 5.74) is -1.20. The van der Waals surface area contributed by atoms with Crippen LogP contribution in [0, 0.1) is 51.0 Å². The number of hydrogen-bond donors (Lipinski definition) is 0. The van der Waals surface area contributed by atoms with Gasteiger partial charge in [-0.05, 0) is 54.1 Å². The Morgan fingerprint density at radius 1 is 1.15 bits per heavy atom. The fourth-order valence-electron chi connectivity index (χ4n) is 7.57. The van der Waals surface area contributed by atoms with Gasteiger partial charge >= 0.3 is 5.97 Å². The molecule has 0 heterocycles. The molecule has 136 valence electrons. The van der Waals surface area contributed by atoms with Crippen molar-refractivity contribution in [3.63, 3.8) is 0 Å². The molecule has 7 rings (SSSR count). The summed E-state index contributed by atoms with van der Waals surface area (Å²) in [6.45, 7) is 0. The second-order valence-electron chi connectivity index (χ2n) is 8.16. The number of esters is 1. The van der Waals surface area contributed by atoms with Crippen molar-refractivity contribution in [2.75, 3.05) is 7.11 Å². The molecule has 0 N–H and O–H groups in total. The topological polar surface area (TPSA) is 113 Å². The fraction of sp³-hybridized carbons (Fsp3) is 0.588. The minimum absolute atomic E-state index is 0.0720. The van der Waals surface area contributed by atoms with Crippen molar-refractivity contribution in [1.82, 2.24) is 0 Å². The maximum atomic E-state index is 12.7. The first-order valence-corrected chi connectivity index (χ1v) is 10.00. The van der Waals surface area contributed by atoms with Gasteiger partial charge in [-0.3, -0.25) is 19.1 Å². The van der Waals surface area contributed by atoms with Crippen LogP contribution in [0.4, 0.5) is 5.69 Å². The van der Waals surface area contributed by atoms with Gasteiger partial charge in [-0.15, -0.1) is 0 Å². The van der Waals surface area contributed by atoms with Gasteiger partial charge < -0.3 is 4.74 Å². The van der Waals surface area contributed by atoms with Gasteiger partial charge in [0.25, 0.3) is 15.8 Å². The Morgan fingerprint density at radius 2 is 1.77 bits per heavy atom. The average molecular weight is 377 g/mol. The largest absolute Gasteiger partial charge is 0.469 e. The molecule has 0 saturated heterocycles. The lowest BCUT2D eigenvalue weighted by Gasteiger charge is -2.90. The van der Waals surface area contributed by atoms with E-state index in [2.05, 4.69) is 0 Å². The Hall–Kier alpha value is -2.00. The summed E-state index contributed by atoms with van der Waals surface area (Å²) in [4.78, 5) is 22.3. The molecule has 8 nitrogen and oxygen atoms in total. The maximum Gasteiger partial charge on any atom is 0.312 e. The van der Waals surface area contributed by atoms with Gasteiger partial charge in [-0.25, -0.2) is 0 Å². The highest BCUT2D eigenvalue weighted by molar-refractivity contribution is 7.86. The van der Waals surface area contributed by atoms with Crippen LogP contribution in [-0.4, -0.2) is 32.0 Å². The predicted octanol–water partition coefficient (Wildman–Crippen LogP) is 1.35. The van der Waals surface area contributed by atoms with Crippen molar-refractivity contribution < 1.29 is 27.1 Å². The lowest BCUT2D eigenvalue weighted by Crippen LogP contribution is -2.95. The molecule has 1 aromatic rings. The molecule has 4 unspecified atom stereocenters. The highest BCUT2D eigenvalue weighted by Gasteiger charge is 3.05. The monoisotopic (exact) mass is 377 g/mol. The van der Waals surface area contributed by atoms with Gasteiger partial charge in [0.1, 0.15) is 0 Å². The van der Waals surface area contributed by atoms with E-state index >= 15 is 0 Å². The second-order valence-corrected chi connectivity index (χ2v) is 9.71. The number of nitro groups is 1. The van der Waals surface area contributed by atoms with Crippen molar-refractivity contribution >= 4 is 21.8 Å². The number of carbonyl (C=O) groups is 1. The molecule has 2 bridgehead atoms. The molecule has 0 spiro atoms. The Kier molecular flexibility index (Phi) is 2.30. The smallest absolute Gasteiger partial charge is 0.312 e. The molecule has 6 fully saturated rings. The molecule has 0 radical (unpaired) electrons. The van der Waals surface area contributed by atoms with Gasteiger partial charge in [0.15, 0.2) is 0 Å². The lowest BCUT2D eigenvalue weighted by molar-refractivity contribution is -0.460. The number of carbonyl (C=O) groups excluding carboxylic acids is 1. The third-order valence-corrected chi connectivity index (χ3v) is 9.33. The van der Waals surface area contributed by atoms with E-state index in [-0.39, 0.29) is 51.6 Å². The quantitative estimate of drug-likeness (QED) is 0.329. The minimum atomic E-state index is -4.01. The number of ether oxygens (including phenoxy) is 1. The zero-order chi connectivity index (χ0) is 18.2. The molecule has 6 saturated carbocycles. The van der Waals surface area contributed by atoms with E-state index < -0.39 is 20.6 Å². The van der Waals surface area contributed by atoms with E-state index in [0.717, 1.165) is 12.1 Å². The molecular formula is C17H15NO7S. The van der Waals surface area contributed by atoms with Crippen molar-refractivity contribution in [2.45, 2.75) is 16.9 Å². The van der Waals surface area contributed by atoms with Gasteiger partial charge in [0.2, 0.25) is 0 Å². The molecule has 1 aromatic carbocycles. The molecule has 0 aromatic heterocycles. The van der Waals surface area contributed by atoms with Crippen LogP contribution in [-0.2, 0) is 23.8 Å². The van der Waals surface area contributed by atoms with E-state index in [1.165, 1.54) is 19.2 Å². The van der Waals surface area contributed by atoms with E-state index in [1.54, 1.807) is 0 Å². The Morgan fingerprint density at radius 3 is 2.31 bits per heavy atom. The van der Waals surface area contributed by atoms with Crippen LogP contribution in [0.1, 0.15) is 6.42 Å². The highest BCUT2D eigenvalue weighted by Crippen LogP contribution is 3.01. The highest BCUT2D eigenvalue weighted by atomic mass is 32.2. The average Bonchev–Trinajstić information content (AvgIpc) is 2.77. The number of hydrogen-bond acceptors (Lipinski definition) is 7. The van der Waals surface area contributed by atoms with Crippen LogP contribution in [0.25, 0.3) is 0 Å². The molecule has 6 aliphatic rings. The summed E-state index contributed by atoms with van der Waals surface area (Å²) < 4.78 is 36.2. The lowest BCUT2D eigenvalue weighted by atomic mass is 9.12. The molecular weight excluding hydrogens is 362 g/mol. The first-order valence-electron chi connectivity index (χ1n) is 8.59. The minimum Gasteiger partial charge on any atom is -0.469 e. The molecule has 0 aliphatic heterocycles. The molecule has 8 atom stereocenters. The summed E-state index contributed by atoms with van der Waals surface area (Å²) in [6.07, 6.45) is 0.680. The third-order valence-electron chi connectivity index (χ3n) is 7.95. The van der Waals surface area contributed by atoms with Crippen molar-refractivity contribution in [2.24, 2.45) is 40.9 Å². The molecule has 6 aliphatic carbocycles. The third kappa shape index (κ3) is 1.17. The van der Waals surface area contributed by atoms with Gasteiger partial charge in [-0.1, -0.05) is 0 Å². The first-order chi connectivity index (χ1) is 12.3. The zero-order valence-corrected chi connectivity index (χ0v) is 14.5. The standard InChI is InChI=1S/C17H15NO7S/c1-24-15(19)17-10-9-6-16(12(10)14(17)13(16)11(9)17)25-26(22,23)8-4-2-7(3-5-8)18(20)21/h2-5,9-14H,6H2,1H3/t9?,10-,11+,12+,13-,14?,16?,17?. The summed E-state index contributed by atoms with van der Waals surface area (Å²) in [6, 6.07) is 4.74. The van der Waals surface area contributed by atoms with Crippen molar-refractivity contribution in [3.8, 4) is 0 Å². The van der Waals surface area contributed by atoms with Gasteiger partial charge in [-0.2, -0.15) is 8.42 Å². The second kappa shape index (κ2) is 3.96. The molecule has 26 heavy (non-hydrogen) atoms. The number of methoxy groups -OCH3 is 1. The van der Waals surface area contributed by atoms with E-state index in [0.29, 0.717) is 12.3 Å². The summed E-state index contributed by atoms with van der Waals surface area (Å²) in [5, 5.41) is 10.7. The number of non-ortho nitro benzene ring substituents is 1. The van der Waals surface area contributed by atoms with Crippen LogP contribution >= 0.6 is 0 Å². The maximum absolute atomic E-state index is 12.7. The Labute approximate surface area is 148 Å². The van der Waals surface area contributed by atoms with E-state index in [4.69, 9.17) is 8.92 Å². The van der Waals surface area contributed by atoms with Crippen LogP contribution in [0.5, 0.6) is 0 Å². The number of nitrogens with zero attached hydrogens (tertiary/aromatic N) is 1. The molecule has 9 heteroatoms. The van der Waals surface area contributed by atoms with Crippen molar-refractivity contribution in [1.29, 1.82) is 0 Å². The van der Waals surface area contributed by atoms with Crippen LogP contribution in [0.3, 0.4) is 0 Å². The van der Waals surface area contributed by atoms with Gasteiger partial charge in [0, 0.05) is 12.1 Å². The summed E-state index contributed by atoms with van der Waals surface area (Å²) in [5.74, 6) is 1.06. The van der Waals surface area contributed by atoms with E-state index in [1.807, 2.05) is 0 Å². The number of nitro benzene ring substituents is 1. The normalized spacial score (nSPS) is 47.7. The van der Waals surface area contributed by atoms with Crippen LogP contribution < -0.4 is 0 Å². The SMILES string of the molecule is COC(=O)C12C3[C@@H]4[C@H]1C1CC4(OS(=O)(=O)c4ccc([N+](=O)[O-])cc4)[C@@H]3[C@H]12. The number of rotatable bonds is 5. The summed E-state index contributed by atoms with van der Waals surface area (Å²) in [7, 11) is -2.60.